The molecule has 0 spiro atoms. The SMILES string of the molecule is C=C(C)CN(C)c1ccc(Cl)cc1C(=O)O. The fraction of sp³-hybridized carbons (Fsp3) is 0.250. The van der Waals surface area contributed by atoms with Gasteiger partial charge in [-0.1, -0.05) is 23.8 Å². The van der Waals surface area contributed by atoms with Crippen LogP contribution in [0.1, 0.15) is 17.3 Å². The lowest BCUT2D eigenvalue weighted by atomic mass is 10.1. The molecule has 0 saturated heterocycles. The van der Waals surface area contributed by atoms with Crippen LogP contribution < -0.4 is 4.90 Å². The summed E-state index contributed by atoms with van der Waals surface area (Å²) in [5.41, 5.74) is 1.81. The van der Waals surface area contributed by atoms with Crippen molar-refractivity contribution in [2.45, 2.75) is 6.92 Å². The molecule has 0 heterocycles. The van der Waals surface area contributed by atoms with Crippen molar-refractivity contribution in [3.8, 4) is 0 Å². The van der Waals surface area contributed by atoms with Crippen molar-refractivity contribution in [1.29, 1.82) is 0 Å². The summed E-state index contributed by atoms with van der Waals surface area (Å²) in [6.07, 6.45) is 0. The van der Waals surface area contributed by atoms with Gasteiger partial charge < -0.3 is 10.0 Å². The topological polar surface area (TPSA) is 40.5 Å². The maximum absolute atomic E-state index is 11.1. The molecule has 0 aliphatic carbocycles. The van der Waals surface area contributed by atoms with Crippen molar-refractivity contribution in [2.24, 2.45) is 0 Å². The monoisotopic (exact) mass is 239 g/mol. The number of anilines is 1. The zero-order chi connectivity index (χ0) is 12.3. The van der Waals surface area contributed by atoms with Gasteiger partial charge in [0.25, 0.3) is 0 Å². The number of likely N-dealkylation sites (N-methyl/N-ethyl adjacent to an activating group) is 1. The quantitative estimate of drug-likeness (QED) is 0.821. The van der Waals surface area contributed by atoms with E-state index < -0.39 is 5.97 Å². The highest BCUT2D eigenvalue weighted by Gasteiger charge is 2.13. The van der Waals surface area contributed by atoms with Crippen molar-refractivity contribution in [3.63, 3.8) is 0 Å². The van der Waals surface area contributed by atoms with Gasteiger partial charge in [0, 0.05) is 18.6 Å². The Hall–Kier alpha value is -1.48. The highest BCUT2D eigenvalue weighted by Crippen LogP contribution is 2.24. The summed E-state index contributed by atoms with van der Waals surface area (Å²) in [5.74, 6) is -0.980. The summed E-state index contributed by atoms with van der Waals surface area (Å²) < 4.78 is 0. The number of nitrogens with zero attached hydrogens (tertiary/aromatic N) is 1. The van der Waals surface area contributed by atoms with Crippen molar-refractivity contribution in [1.82, 2.24) is 0 Å². The Kier molecular flexibility index (Phi) is 3.96. The van der Waals surface area contributed by atoms with Gasteiger partial charge in [-0.3, -0.25) is 0 Å². The summed E-state index contributed by atoms with van der Waals surface area (Å²) >= 11 is 5.77. The molecule has 0 aliphatic heterocycles. The number of carboxylic acids is 1. The Labute approximate surface area is 100.0 Å². The van der Waals surface area contributed by atoms with Gasteiger partial charge in [0.1, 0.15) is 0 Å². The first-order valence-electron chi connectivity index (χ1n) is 4.80. The molecule has 86 valence electrons. The third-order valence-corrected chi connectivity index (χ3v) is 2.34. The highest BCUT2D eigenvalue weighted by atomic mass is 35.5. The molecule has 1 rings (SSSR count). The number of halogens is 1. The Balaban J connectivity index is 3.12. The lowest BCUT2D eigenvalue weighted by Crippen LogP contribution is -2.21. The molecule has 0 radical (unpaired) electrons. The molecule has 0 amide bonds. The zero-order valence-electron chi connectivity index (χ0n) is 9.33. The molecule has 1 N–H and O–H groups in total. The number of carboxylic acid groups (broad SMARTS) is 1. The lowest BCUT2D eigenvalue weighted by Gasteiger charge is -2.21. The Morgan fingerprint density at radius 3 is 2.69 bits per heavy atom. The van der Waals surface area contributed by atoms with E-state index in [2.05, 4.69) is 6.58 Å². The second-order valence-corrected chi connectivity index (χ2v) is 4.22. The van der Waals surface area contributed by atoms with E-state index in [0.717, 1.165) is 5.57 Å². The Morgan fingerprint density at radius 2 is 2.19 bits per heavy atom. The van der Waals surface area contributed by atoms with Gasteiger partial charge in [0.2, 0.25) is 0 Å². The minimum absolute atomic E-state index is 0.205. The molecule has 0 saturated carbocycles. The van der Waals surface area contributed by atoms with Gasteiger partial charge in [0.15, 0.2) is 0 Å². The first-order valence-corrected chi connectivity index (χ1v) is 5.18. The average Bonchev–Trinajstić information content (AvgIpc) is 2.16. The number of rotatable bonds is 4. The summed E-state index contributed by atoms with van der Waals surface area (Å²) in [7, 11) is 1.82. The van der Waals surface area contributed by atoms with E-state index in [4.69, 9.17) is 16.7 Å². The molecule has 0 bridgehead atoms. The van der Waals surface area contributed by atoms with E-state index in [1.165, 1.54) is 6.07 Å². The molecular weight excluding hydrogens is 226 g/mol. The maximum atomic E-state index is 11.1. The summed E-state index contributed by atoms with van der Waals surface area (Å²) in [6, 6.07) is 4.83. The Morgan fingerprint density at radius 1 is 1.56 bits per heavy atom. The fourth-order valence-electron chi connectivity index (χ4n) is 1.50. The normalized spacial score (nSPS) is 9.94. The lowest BCUT2D eigenvalue weighted by molar-refractivity contribution is 0.0697. The third-order valence-electron chi connectivity index (χ3n) is 2.11. The number of hydrogen-bond donors (Lipinski definition) is 1. The van der Waals surface area contributed by atoms with Crippen LogP contribution in [0.5, 0.6) is 0 Å². The van der Waals surface area contributed by atoms with Crippen LogP contribution in [-0.2, 0) is 0 Å². The van der Waals surface area contributed by atoms with Gasteiger partial charge in [-0.05, 0) is 25.1 Å². The van der Waals surface area contributed by atoms with Crippen LogP contribution in [0.25, 0.3) is 0 Å². The largest absolute Gasteiger partial charge is 0.478 e. The smallest absolute Gasteiger partial charge is 0.337 e. The van der Waals surface area contributed by atoms with Crippen LogP contribution in [0.4, 0.5) is 5.69 Å². The molecular formula is C12H14ClNO2. The van der Waals surface area contributed by atoms with Crippen LogP contribution in [-0.4, -0.2) is 24.7 Å². The average molecular weight is 240 g/mol. The molecule has 0 aromatic heterocycles. The predicted molar refractivity (Wildman–Crippen MR) is 66.5 cm³/mol. The summed E-state index contributed by atoms with van der Waals surface area (Å²) in [6.45, 7) is 6.31. The van der Waals surface area contributed by atoms with Gasteiger partial charge in [-0.2, -0.15) is 0 Å². The fourth-order valence-corrected chi connectivity index (χ4v) is 1.67. The second kappa shape index (κ2) is 5.03. The standard InChI is InChI=1S/C12H14ClNO2/c1-8(2)7-14(3)11-5-4-9(13)6-10(11)12(15)16/h4-6H,1,7H2,2-3H3,(H,15,16). The van der Waals surface area contributed by atoms with Crippen LogP contribution in [0, 0.1) is 0 Å². The van der Waals surface area contributed by atoms with Crippen molar-refractivity contribution in [3.05, 3.63) is 40.9 Å². The summed E-state index contributed by atoms with van der Waals surface area (Å²) in [4.78, 5) is 12.9. The van der Waals surface area contributed by atoms with E-state index in [1.807, 2.05) is 18.9 Å². The molecule has 1 aromatic carbocycles. The molecule has 3 nitrogen and oxygen atoms in total. The minimum atomic E-state index is -0.980. The molecule has 4 heteroatoms. The van der Waals surface area contributed by atoms with Crippen molar-refractivity contribution in [2.75, 3.05) is 18.5 Å². The van der Waals surface area contributed by atoms with Gasteiger partial charge in [-0.25, -0.2) is 4.79 Å². The zero-order valence-corrected chi connectivity index (χ0v) is 10.1. The molecule has 1 aromatic rings. The van der Waals surface area contributed by atoms with Crippen LogP contribution in [0.15, 0.2) is 30.4 Å². The van der Waals surface area contributed by atoms with Crippen LogP contribution >= 0.6 is 11.6 Å². The minimum Gasteiger partial charge on any atom is -0.478 e. The maximum Gasteiger partial charge on any atom is 0.337 e. The first kappa shape index (κ1) is 12.6. The van der Waals surface area contributed by atoms with Crippen molar-refractivity contribution < 1.29 is 9.90 Å². The number of hydrogen-bond acceptors (Lipinski definition) is 2. The van der Waals surface area contributed by atoms with E-state index in [1.54, 1.807) is 12.1 Å². The second-order valence-electron chi connectivity index (χ2n) is 3.78. The third kappa shape index (κ3) is 3.00. The number of aromatic carboxylic acids is 1. The van der Waals surface area contributed by atoms with Crippen LogP contribution in [0.2, 0.25) is 5.02 Å². The Bertz CT molecular complexity index is 429. The molecule has 0 unspecified atom stereocenters. The highest BCUT2D eigenvalue weighted by molar-refractivity contribution is 6.31. The van der Waals surface area contributed by atoms with Gasteiger partial charge in [0.05, 0.1) is 11.3 Å². The van der Waals surface area contributed by atoms with E-state index in [0.29, 0.717) is 17.3 Å². The first-order chi connectivity index (χ1) is 7.41. The molecule has 0 aliphatic rings. The van der Waals surface area contributed by atoms with E-state index in [-0.39, 0.29) is 5.56 Å². The predicted octanol–water partition coefficient (Wildman–Crippen LogP) is 3.05. The van der Waals surface area contributed by atoms with Gasteiger partial charge in [-0.15, -0.1) is 0 Å². The molecule has 16 heavy (non-hydrogen) atoms. The number of benzene rings is 1. The molecule has 0 fully saturated rings. The number of carbonyl (C=O) groups is 1. The van der Waals surface area contributed by atoms with E-state index in [9.17, 15) is 4.79 Å². The van der Waals surface area contributed by atoms with E-state index >= 15 is 0 Å². The van der Waals surface area contributed by atoms with Crippen molar-refractivity contribution >= 4 is 23.3 Å². The van der Waals surface area contributed by atoms with Gasteiger partial charge >= 0.3 is 5.97 Å². The van der Waals surface area contributed by atoms with Crippen LogP contribution in [0.3, 0.4) is 0 Å². The summed E-state index contributed by atoms with van der Waals surface area (Å²) in [5, 5.41) is 9.49. The molecule has 0 atom stereocenters.